The van der Waals surface area contributed by atoms with E-state index in [0.29, 0.717) is 13.2 Å². The zero-order valence-corrected chi connectivity index (χ0v) is 11.5. The molecule has 0 bridgehead atoms. The molecule has 0 unspecified atom stereocenters. The van der Waals surface area contributed by atoms with Gasteiger partial charge in [-0.25, -0.2) is 9.97 Å². The van der Waals surface area contributed by atoms with Crippen molar-refractivity contribution in [2.24, 2.45) is 5.41 Å². The van der Waals surface area contributed by atoms with Gasteiger partial charge in [0.2, 0.25) is 0 Å². The average molecular weight is 251 g/mol. The van der Waals surface area contributed by atoms with Crippen LogP contribution >= 0.6 is 0 Å². The van der Waals surface area contributed by atoms with Gasteiger partial charge >= 0.3 is 0 Å². The third kappa shape index (κ3) is 2.33. The Balaban J connectivity index is 2.21. The molecule has 0 amide bonds. The molecule has 1 aromatic heterocycles. The molecule has 1 fully saturated rings. The number of β-amino-alcohol motifs (C(OH)–C–C–N with tert-alkyl or cyclic N) is 1. The molecule has 2 heterocycles. The maximum Gasteiger partial charge on any atom is 0.132 e. The molecule has 1 aromatic rings. The molecular weight excluding hydrogens is 230 g/mol. The number of methoxy groups -OCH3 is 1. The minimum Gasteiger partial charge on any atom is -0.388 e. The van der Waals surface area contributed by atoms with Crippen molar-refractivity contribution in [3.05, 3.63) is 18.1 Å². The summed E-state index contributed by atoms with van der Waals surface area (Å²) in [6.07, 6.45) is 1.55. The molecule has 0 aliphatic carbocycles. The van der Waals surface area contributed by atoms with Gasteiger partial charge in [0.15, 0.2) is 0 Å². The highest BCUT2D eigenvalue weighted by atomic mass is 16.5. The van der Waals surface area contributed by atoms with Crippen molar-refractivity contribution in [3.8, 4) is 0 Å². The molecule has 1 atom stereocenters. The highest BCUT2D eigenvalue weighted by molar-refractivity contribution is 5.42. The topological polar surface area (TPSA) is 58.5 Å². The second-order valence-corrected chi connectivity index (χ2v) is 5.81. The van der Waals surface area contributed by atoms with E-state index in [2.05, 4.69) is 28.7 Å². The fraction of sp³-hybridized carbons (Fsp3) is 0.692. The minimum absolute atomic E-state index is 0.153. The van der Waals surface area contributed by atoms with Crippen molar-refractivity contribution < 1.29 is 9.84 Å². The number of aliphatic hydroxyl groups is 1. The number of anilines is 1. The Morgan fingerprint density at radius 3 is 2.61 bits per heavy atom. The van der Waals surface area contributed by atoms with E-state index in [1.807, 2.05) is 13.0 Å². The molecule has 0 saturated carbocycles. The summed E-state index contributed by atoms with van der Waals surface area (Å²) in [5, 5.41) is 10.4. The van der Waals surface area contributed by atoms with Crippen molar-refractivity contribution in [2.75, 3.05) is 25.1 Å². The van der Waals surface area contributed by atoms with Crippen LogP contribution in [-0.2, 0) is 11.3 Å². The summed E-state index contributed by atoms with van der Waals surface area (Å²) in [6, 6.07) is 1.92. The Morgan fingerprint density at radius 1 is 1.33 bits per heavy atom. The van der Waals surface area contributed by atoms with Gasteiger partial charge in [0.05, 0.1) is 17.9 Å². The second-order valence-electron chi connectivity index (χ2n) is 5.81. The first-order valence-electron chi connectivity index (χ1n) is 6.13. The fourth-order valence-corrected chi connectivity index (χ4v) is 2.24. The number of hydrogen-bond donors (Lipinski definition) is 1. The largest absolute Gasteiger partial charge is 0.388 e. The van der Waals surface area contributed by atoms with Crippen molar-refractivity contribution in [1.82, 2.24) is 9.97 Å². The predicted molar refractivity (Wildman–Crippen MR) is 69.4 cm³/mol. The SMILES string of the molecule is COCc1cc(N2CC(C)(C)[C@@](C)(O)C2)ncn1. The quantitative estimate of drug-likeness (QED) is 0.875. The van der Waals surface area contributed by atoms with E-state index in [1.165, 1.54) is 0 Å². The van der Waals surface area contributed by atoms with E-state index < -0.39 is 5.60 Å². The normalized spacial score (nSPS) is 26.6. The highest BCUT2D eigenvalue weighted by Crippen LogP contribution is 2.39. The first kappa shape index (κ1) is 13.2. The summed E-state index contributed by atoms with van der Waals surface area (Å²) in [6.45, 7) is 7.87. The van der Waals surface area contributed by atoms with E-state index in [4.69, 9.17) is 4.74 Å². The molecule has 0 spiro atoms. The minimum atomic E-state index is -0.709. The smallest absolute Gasteiger partial charge is 0.132 e. The molecule has 18 heavy (non-hydrogen) atoms. The van der Waals surface area contributed by atoms with Crippen LogP contribution in [0.25, 0.3) is 0 Å². The Labute approximate surface area is 108 Å². The van der Waals surface area contributed by atoms with Crippen LogP contribution < -0.4 is 4.90 Å². The molecular formula is C13H21N3O2. The molecule has 5 heteroatoms. The number of rotatable bonds is 3. The van der Waals surface area contributed by atoms with Gasteiger partial charge in [-0.1, -0.05) is 13.8 Å². The van der Waals surface area contributed by atoms with Gasteiger partial charge in [0, 0.05) is 31.7 Å². The number of nitrogens with zero attached hydrogens (tertiary/aromatic N) is 3. The third-order valence-electron chi connectivity index (χ3n) is 3.87. The van der Waals surface area contributed by atoms with Crippen LogP contribution in [0.5, 0.6) is 0 Å². The highest BCUT2D eigenvalue weighted by Gasteiger charge is 2.48. The molecule has 1 aliphatic heterocycles. The number of aromatic nitrogens is 2. The standard InChI is InChI=1S/C13H21N3O2/c1-12(2)7-16(8-13(12,3)17)11-5-10(6-18-4)14-9-15-11/h5,9,17H,6-8H2,1-4H3/t13-/m0/s1. The average Bonchev–Trinajstić information content (AvgIpc) is 2.49. The van der Waals surface area contributed by atoms with Crippen LogP contribution in [0.3, 0.4) is 0 Å². The molecule has 100 valence electrons. The molecule has 1 saturated heterocycles. The van der Waals surface area contributed by atoms with E-state index in [1.54, 1.807) is 13.4 Å². The van der Waals surface area contributed by atoms with E-state index in [-0.39, 0.29) is 5.41 Å². The molecule has 0 radical (unpaired) electrons. The maximum absolute atomic E-state index is 10.4. The van der Waals surface area contributed by atoms with Crippen LogP contribution in [0.2, 0.25) is 0 Å². The van der Waals surface area contributed by atoms with Gasteiger partial charge < -0.3 is 14.7 Å². The zero-order valence-electron chi connectivity index (χ0n) is 11.5. The number of hydrogen-bond acceptors (Lipinski definition) is 5. The van der Waals surface area contributed by atoms with Crippen LogP contribution in [0, 0.1) is 5.41 Å². The third-order valence-corrected chi connectivity index (χ3v) is 3.87. The Bertz CT molecular complexity index is 416. The molecule has 5 nitrogen and oxygen atoms in total. The van der Waals surface area contributed by atoms with Crippen molar-refractivity contribution in [1.29, 1.82) is 0 Å². The first-order valence-corrected chi connectivity index (χ1v) is 6.13. The lowest BCUT2D eigenvalue weighted by atomic mass is 9.79. The summed E-state index contributed by atoms with van der Waals surface area (Å²) >= 11 is 0. The zero-order chi connectivity index (χ0) is 13.4. The van der Waals surface area contributed by atoms with Crippen LogP contribution in [0.4, 0.5) is 5.82 Å². The first-order chi connectivity index (χ1) is 8.36. The Hall–Kier alpha value is -1.20. The van der Waals surface area contributed by atoms with Gasteiger partial charge in [0.1, 0.15) is 12.1 Å². The molecule has 2 rings (SSSR count). The lowest BCUT2D eigenvalue weighted by Crippen LogP contribution is -2.40. The van der Waals surface area contributed by atoms with E-state index >= 15 is 0 Å². The molecule has 1 N–H and O–H groups in total. The summed E-state index contributed by atoms with van der Waals surface area (Å²) in [5.74, 6) is 0.850. The van der Waals surface area contributed by atoms with Gasteiger partial charge in [0.25, 0.3) is 0 Å². The molecule has 0 aromatic carbocycles. The summed E-state index contributed by atoms with van der Waals surface area (Å²) < 4.78 is 5.07. The maximum atomic E-state index is 10.4. The summed E-state index contributed by atoms with van der Waals surface area (Å²) in [7, 11) is 1.64. The van der Waals surface area contributed by atoms with Crippen LogP contribution in [0.15, 0.2) is 12.4 Å². The van der Waals surface area contributed by atoms with E-state index in [0.717, 1.165) is 18.1 Å². The Morgan fingerprint density at radius 2 is 2.06 bits per heavy atom. The lowest BCUT2D eigenvalue weighted by Gasteiger charge is -2.30. The lowest BCUT2D eigenvalue weighted by molar-refractivity contribution is -0.00891. The molecule has 1 aliphatic rings. The summed E-state index contributed by atoms with van der Waals surface area (Å²) in [4.78, 5) is 10.5. The second kappa shape index (κ2) is 4.48. The van der Waals surface area contributed by atoms with Crippen molar-refractivity contribution in [3.63, 3.8) is 0 Å². The van der Waals surface area contributed by atoms with E-state index in [9.17, 15) is 5.11 Å². The van der Waals surface area contributed by atoms with Crippen molar-refractivity contribution >= 4 is 5.82 Å². The van der Waals surface area contributed by atoms with Gasteiger partial charge in [-0.2, -0.15) is 0 Å². The predicted octanol–water partition coefficient (Wildman–Crippen LogP) is 1.22. The van der Waals surface area contributed by atoms with Crippen LogP contribution in [0.1, 0.15) is 26.5 Å². The number of ether oxygens (including phenoxy) is 1. The van der Waals surface area contributed by atoms with Gasteiger partial charge in [-0.15, -0.1) is 0 Å². The van der Waals surface area contributed by atoms with Gasteiger partial charge in [-0.3, -0.25) is 0 Å². The van der Waals surface area contributed by atoms with Crippen molar-refractivity contribution in [2.45, 2.75) is 33.0 Å². The van der Waals surface area contributed by atoms with Gasteiger partial charge in [-0.05, 0) is 6.92 Å². The monoisotopic (exact) mass is 251 g/mol. The Kier molecular flexibility index (Phi) is 3.29. The fourth-order valence-electron chi connectivity index (χ4n) is 2.24. The van der Waals surface area contributed by atoms with Crippen LogP contribution in [-0.4, -0.2) is 40.9 Å². The summed E-state index contributed by atoms with van der Waals surface area (Å²) in [5.41, 5.74) is -0.00880.